The molecule has 1 aromatic carbocycles. The van der Waals surface area contributed by atoms with Crippen molar-refractivity contribution in [2.24, 2.45) is 7.05 Å². The first-order chi connectivity index (χ1) is 8.15. The van der Waals surface area contributed by atoms with Crippen molar-refractivity contribution in [2.75, 3.05) is 12.3 Å². The minimum atomic E-state index is -0.351. The van der Waals surface area contributed by atoms with Gasteiger partial charge in [-0.15, -0.1) is 0 Å². The summed E-state index contributed by atoms with van der Waals surface area (Å²) in [4.78, 5) is 0. The fourth-order valence-corrected chi connectivity index (χ4v) is 1.51. The van der Waals surface area contributed by atoms with Crippen LogP contribution in [-0.2, 0) is 13.5 Å². The number of nitrogens with zero attached hydrogens (tertiary/aromatic N) is 2. The van der Waals surface area contributed by atoms with E-state index in [0.29, 0.717) is 24.5 Å². The molecule has 0 radical (unpaired) electrons. The molecule has 0 saturated heterocycles. The van der Waals surface area contributed by atoms with E-state index in [1.165, 1.54) is 18.2 Å². The van der Waals surface area contributed by atoms with Gasteiger partial charge in [-0.05, 0) is 17.7 Å². The summed E-state index contributed by atoms with van der Waals surface area (Å²) >= 11 is 0. The van der Waals surface area contributed by atoms with Crippen LogP contribution < -0.4 is 10.5 Å². The van der Waals surface area contributed by atoms with Gasteiger partial charge in [-0.2, -0.15) is 5.10 Å². The van der Waals surface area contributed by atoms with E-state index in [1.54, 1.807) is 10.9 Å². The Labute approximate surface area is 98.8 Å². The number of benzene rings is 1. The van der Waals surface area contributed by atoms with Crippen LogP contribution >= 0.6 is 0 Å². The van der Waals surface area contributed by atoms with Crippen molar-refractivity contribution in [1.82, 2.24) is 9.78 Å². The molecule has 2 N–H and O–H groups in total. The number of anilines is 1. The molecule has 1 heterocycles. The fourth-order valence-electron chi connectivity index (χ4n) is 1.51. The van der Waals surface area contributed by atoms with Gasteiger partial charge in [0.15, 0.2) is 0 Å². The third kappa shape index (κ3) is 2.96. The van der Waals surface area contributed by atoms with Crippen molar-refractivity contribution >= 4 is 5.69 Å². The first kappa shape index (κ1) is 11.4. The molecular weight excluding hydrogens is 221 g/mol. The quantitative estimate of drug-likeness (QED) is 0.821. The summed E-state index contributed by atoms with van der Waals surface area (Å²) in [5, 5.41) is 4.05. The summed E-state index contributed by atoms with van der Waals surface area (Å²) < 4.78 is 20.1. The lowest BCUT2D eigenvalue weighted by atomic mass is 10.2. The van der Waals surface area contributed by atoms with Gasteiger partial charge in [-0.1, -0.05) is 0 Å². The molecule has 0 fully saturated rings. The van der Waals surface area contributed by atoms with Gasteiger partial charge < -0.3 is 10.5 Å². The van der Waals surface area contributed by atoms with Gasteiger partial charge in [-0.25, -0.2) is 4.39 Å². The Bertz CT molecular complexity index is 510. The largest absolute Gasteiger partial charge is 0.491 e. The van der Waals surface area contributed by atoms with Crippen LogP contribution in [-0.4, -0.2) is 16.4 Å². The number of halogens is 1. The molecule has 0 amide bonds. The normalized spacial score (nSPS) is 10.5. The third-order valence-corrected chi connectivity index (χ3v) is 2.38. The van der Waals surface area contributed by atoms with Crippen molar-refractivity contribution < 1.29 is 9.13 Å². The van der Waals surface area contributed by atoms with Crippen molar-refractivity contribution in [3.63, 3.8) is 0 Å². The van der Waals surface area contributed by atoms with Gasteiger partial charge in [0.2, 0.25) is 0 Å². The summed E-state index contributed by atoms with van der Waals surface area (Å²) in [5.74, 6) is 0.0319. The zero-order valence-corrected chi connectivity index (χ0v) is 9.56. The molecule has 90 valence electrons. The highest BCUT2D eigenvalue weighted by Gasteiger charge is 2.03. The lowest BCUT2D eigenvalue weighted by Gasteiger charge is -2.07. The topological polar surface area (TPSA) is 53.1 Å². The van der Waals surface area contributed by atoms with Gasteiger partial charge in [0.25, 0.3) is 0 Å². The molecule has 0 bridgehead atoms. The van der Waals surface area contributed by atoms with Crippen LogP contribution in [0.1, 0.15) is 5.56 Å². The molecule has 0 spiro atoms. The summed E-state index contributed by atoms with van der Waals surface area (Å²) in [5.41, 5.74) is 7.18. The van der Waals surface area contributed by atoms with Gasteiger partial charge in [-0.3, -0.25) is 4.68 Å². The van der Waals surface area contributed by atoms with E-state index in [2.05, 4.69) is 5.10 Å². The molecule has 0 aliphatic rings. The van der Waals surface area contributed by atoms with Crippen LogP contribution in [0, 0.1) is 5.82 Å². The van der Waals surface area contributed by atoms with Gasteiger partial charge in [0.05, 0.1) is 18.5 Å². The molecule has 0 aliphatic carbocycles. The SMILES string of the molecule is Cn1cc(CCOc2cc(F)ccc2N)cn1. The van der Waals surface area contributed by atoms with Crippen molar-refractivity contribution in [1.29, 1.82) is 0 Å². The Hall–Kier alpha value is -2.04. The van der Waals surface area contributed by atoms with E-state index >= 15 is 0 Å². The number of nitrogens with two attached hydrogens (primary N) is 1. The Kier molecular flexibility index (Phi) is 3.27. The second-order valence-electron chi connectivity index (χ2n) is 3.80. The predicted octanol–water partition coefficient (Wildman–Crippen LogP) is 1.76. The average molecular weight is 235 g/mol. The summed E-state index contributed by atoms with van der Waals surface area (Å²) in [6.45, 7) is 0.444. The highest BCUT2D eigenvalue weighted by Crippen LogP contribution is 2.22. The van der Waals surface area contributed by atoms with E-state index in [9.17, 15) is 4.39 Å². The number of nitrogen functional groups attached to an aromatic ring is 1. The number of ether oxygens (including phenoxy) is 1. The average Bonchev–Trinajstić information content (AvgIpc) is 2.69. The second kappa shape index (κ2) is 4.86. The maximum atomic E-state index is 13.0. The highest BCUT2D eigenvalue weighted by atomic mass is 19.1. The van der Waals surface area contributed by atoms with Crippen molar-refractivity contribution in [2.45, 2.75) is 6.42 Å². The fraction of sp³-hybridized carbons (Fsp3) is 0.250. The maximum absolute atomic E-state index is 13.0. The van der Waals surface area contributed by atoms with Crippen LogP contribution in [0.2, 0.25) is 0 Å². The van der Waals surface area contributed by atoms with Gasteiger partial charge >= 0.3 is 0 Å². The van der Waals surface area contributed by atoms with Crippen molar-refractivity contribution in [3.05, 3.63) is 42.0 Å². The number of hydrogen-bond acceptors (Lipinski definition) is 3. The predicted molar refractivity (Wildman–Crippen MR) is 63.2 cm³/mol. The van der Waals surface area contributed by atoms with Crippen LogP contribution in [0.15, 0.2) is 30.6 Å². The van der Waals surface area contributed by atoms with Crippen LogP contribution in [0.3, 0.4) is 0 Å². The lowest BCUT2D eigenvalue weighted by molar-refractivity contribution is 0.322. The number of hydrogen-bond donors (Lipinski definition) is 1. The van der Waals surface area contributed by atoms with Crippen LogP contribution in [0.5, 0.6) is 5.75 Å². The van der Waals surface area contributed by atoms with Crippen LogP contribution in [0.25, 0.3) is 0 Å². The molecule has 2 rings (SSSR count). The molecule has 5 heteroatoms. The van der Waals surface area contributed by atoms with E-state index in [0.717, 1.165) is 5.56 Å². The first-order valence-corrected chi connectivity index (χ1v) is 5.30. The second-order valence-corrected chi connectivity index (χ2v) is 3.80. The monoisotopic (exact) mass is 235 g/mol. The Morgan fingerprint density at radius 3 is 3.00 bits per heavy atom. The molecular formula is C12H14FN3O. The molecule has 17 heavy (non-hydrogen) atoms. The maximum Gasteiger partial charge on any atom is 0.145 e. The van der Waals surface area contributed by atoms with Crippen molar-refractivity contribution in [3.8, 4) is 5.75 Å². The third-order valence-electron chi connectivity index (χ3n) is 2.38. The minimum Gasteiger partial charge on any atom is -0.491 e. The molecule has 4 nitrogen and oxygen atoms in total. The lowest BCUT2D eigenvalue weighted by Crippen LogP contribution is -2.03. The minimum absolute atomic E-state index is 0.351. The Morgan fingerprint density at radius 2 is 2.29 bits per heavy atom. The molecule has 0 saturated carbocycles. The van der Waals surface area contributed by atoms with E-state index in [-0.39, 0.29) is 5.82 Å². The molecule has 0 aliphatic heterocycles. The summed E-state index contributed by atoms with van der Waals surface area (Å²) in [7, 11) is 1.86. The Morgan fingerprint density at radius 1 is 1.47 bits per heavy atom. The molecule has 1 aromatic heterocycles. The zero-order valence-electron chi connectivity index (χ0n) is 9.56. The molecule has 0 atom stereocenters. The van der Waals surface area contributed by atoms with Crippen LogP contribution in [0.4, 0.5) is 10.1 Å². The first-order valence-electron chi connectivity index (χ1n) is 5.30. The van der Waals surface area contributed by atoms with Gasteiger partial charge in [0, 0.05) is 25.7 Å². The highest BCUT2D eigenvalue weighted by molar-refractivity contribution is 5.52. The Balaban J connectivity index is 1.91. The number of aromatic nitrogens is 2. The standard InChI is InChI=1S/C12H14FN3O/c1-16-8-9(7-15-16)4-5-17-12-6-10(13)2-3-11(12)14/h2-3,6-8H,4-5,14H2,1H3. The molecule has 0 unspecified atom stereocenters. The van der Waals surface area contributed by atoms with E-state index < -0.39 is 0 Å². The number of rotatable bonds is 4. The van der Waals surface area contributed by atoms with E-state index in [1.807, 2.05) is 13.2 Å². The summed E-state index contributed by atoms with van der Waals surface area (Å²) in [6, 6.07) is 4.09. The summed E-state index contributed by atoms with van der Waals surface area (Å²) in [6.07, 6.45) is 4.40. The smallest absolute Gasteiger partial charge is 0.145 e. The van der Waals surface area contributed by atoms with E-state index in [4.69, 9.17) is 10.5 Å². The number of aryl methyl sites for hydroxylation is 1. The zero-order chi connectivity index (χ0) is 12.3. The molecule has 2 aromatic rings. The van der Waals surface area contributed by atoms with Gasteiger partial charge in [0.1, 0.15) is 11.6 Å².